The van der Waals surface area contributed by atoms with Crippen molar-refractivity contribution in [2.24, 2.45) is 0 Å². The molecule has 3 aromatic heterocycles. The van der Waals surface area contributed by atoms with E-state index in [4.69, 9.17) is 13.7 Å². The summed E-state index contributed by atoms with van der Waals surface area (Å²) in [7, 11) is -2.05. The van der Waals surface area contributed by atoms with E-state index in [1.54, 1.807) is 48.8 Å². The summed E-state index contributed by atoms with van der Waals surface area (Å²) < 4.78 is 41.0. The van der Waals surface area contributed by atoms with Crippen LogP contribution in [0.25, 0.3) is 23.0 Å². The summed E-state index contributed by atoms with van der Waals surface area (Å²) in [5.74, 6) is 1.42. The average molecular weight is 397 g/mol. The van der Waals surface area contributed by atoms with Crippen molar-refractivity contribution >= 4 is 9.84 Å². The first kappa shape index (κ1) is 17.9. The lowest BCUT2D eigenvalue weighted by atomic mass is 10.2. The Morgan fingerprint density at radius 1 is 1.00 bits per heavy atom. The predicted octanol–water partition coefficient (Wildman–Crippen LogP) is 3.37. The van der Waals surface area contributed by atoms with E-state index in [-0.39, 0.29) is 22.3 Å². The predicted molar refractivity (Wildman–Crippen MR) is 99.1 cm³/mol. The van der Waals surface area contributed by atoms with Crippen molar-refractivity contribution in [3.63, 3.8) is 0 Å². The van der Waals surface area contributed by atoms with Gasteiger partial charge in [-0.3, -0.25) is 4.98 Å². The quantitative estimate of drug-likeness (QED) is 0.487. The molecule has 0 radical (unpaired) electrons. The van der Waals surface area contributed by atoms with Crippen molar-refractivity contribution in [3.05, 3.63) is 66.7 Å². The van der Waals surface area contributed by atoms with Gasteiger partial charge in [0.15, 0.2) is 15.6 Å². The SMILES string of the molecule is COc1ccc(S(=O)(=O)Cc2ccc(-c3nc(-c4ccncc4)no3)o2)cc1. The molecule has 0 saturated carbocycles. The summed E-state index contributed by atoms with van der Waals surface area (Å²) in [4.78, 5) is 8.40. The Balaban J connectivity index is 1.54. The molecule has 0 N–H and O–H groups in total. The molecule has 0 amide bonds. The number of methoxy groups -OCH3 is 1. The lowest BCUT2D eigenvalue weighted by molar-refractivity contribution is 0.413. The van der Waals surface area contributed by atoms with Crippen molar-refractivity contribution in [1.82, 2.24) is 15.1 Å². The number of pyridine rings is 1. The average Bonchev–Trinajstić information content (AvgIpc) is 3.38. The fourth-order valence-electron chi connectivity index (χ4n) is 2.57. The lowest BCUT2D eigenvalue weighted by Gasteiger charge is -2.04. The van der Waals surface area contributed by atoms with E-state index < -0.39 is 9.84 Å². The second-order valence-electron chi connectivity index (χ2n) is 5.86. The minimum absolute atomic E-state index is 0.167. The number of benzene rings is 1. The van der Waals surface area contributed by atoms with E-state index in [1.165, 1.54) is 19.2 Å². The van der Waals surface area contributed by atoms with Crippen molar-refractivity contribution in [2.75, 3.05) is 7.11 Å². The van der Waals surface area contributed by atoms with Gasteiger partial charge in [0.25, 0.3) is 5.89 Å². The number of nitrogens with zero attached hydrogens (tertiary/aromatic N) is 3. The fourth-order valence-corrected chi connectivity index (χ4v) is 3.81. The molecule has 0 aliphatic carbocycles. The molecule has 4 aromatic rings. The monoisotopic (exact) mass is 397 g/mol. The van der Waals surface area contributed by atoms with Gasteiger partial charge in [-0.05, 0) is 48.5 Å². The Morgan fingerprint density at radius 2 is 1.75 bits per heavy atom. The topological polar surface area (TPSA) is 108 Å². The van der Waals surface area contributed by atoms with E-state index in [0.717, 1.165) is 5.56 Å². The van der Waals surface area contributed by atoms with E-state index in [2.05, 4.69) is 15.1 Å². The minimum atomic E-state index is -3.57. The normalized spacial score (nSPS) is 11.5. The first-order valence-corrected chi connectivity index (χ1v) is 9.90. The zero-order valence-corrected chi connectivity index (χ0v) is 15.6. The van der Waals surface area contributed by atoms with Crippen LogP contribution in [-0.2, 0) is 15.6 Å². The summed E-state index contributed by atoms with van der Waals surface area (Å²) in [5, 5.41) is 3.91. The molecule has 0 bridgehead atoms. The molecular formula is C19H15N3O5S. The number of ether oxygens (including phenoxy) is 1. The van der Waals surface area contributed by atoms with Gasteiger partial charge in [-0.1, -0.05) is 5.16 Å². The second kappa shape index (κ2) is 7.28. The standard InChI is InChI=1S/C19H15N3O5S/c1-25-14-2-5-16(6-3-14)28(23,24)12-15-4-7-17(26-15)19-21-18(22-27-19)13-8-10-20-11-9-13/h2-11H,12H2,1H3. The summed E-state index contributed by atoms with van der Waals surface area (Å²) in [6.07, 6.45) is 3.25. The van der Waals surface area contributed by atoms with Gasteiger partial charge >= 0.3 is 0 Å². The molecule has 0 aliphatic heterocycles. The van der Waals surface area contributed by atoms with Gasteiger partial charge < -0.3 is 13.7 Å². The summed E-state index contributed by atoms with van der Waals surface area (Å²) in [5.41, 5.74) is 0.749. The molecule has 0 saturated heterocycles. The van der Waals surface area contributed by atoms with Crippen LogP contribution in [0, 0.1) is 0 Å². The lowest BCUT2D eigenvalue weighted by Crippen LogP contribution is -2.04. The maximum Gasteiger partial charge on any atom is 0.293 e. The number of furan rings is 1. The smallest absolute Gasteiger partial charge is 0.293 e. The zero-order valence-electron chi connectivity index (χ0n) is 14.8. The highest BCUT2D eigenvalue weighted by atomic mass is 32.2. The van der Waals surface area contributed by atoms with Crippen LogP contribution in [0.5, 0.6) is 5.75 Å². The van der Waals surface area contributed by atoms with Crippen LogP contribution in [0.15, 0.2) is 74.8 Å². The third-order valence-electron chi connectivity index (χ3n) is 3.99. The molecule has 3 heterocycles. The van der Waals surface area contributed by atoms with Gasteiger partial charge in [-0.15, -0.1) is 0 Å². The van der Waals surface area contributed by atoms with Gasteiger partial charge in [0, 0.05) is 18.0 Å². The zero-order chi connectivity index (χ0) is 19.6. The Hall–Kier alpha value is -3.46. The van der Waals surface area contributed by atoms with Gasteiger partial charge in [0.2, 0.25) is 5.82 Å². The number of hydrogen-bond donors (Lipinski definition) is 0. The molecule has 9 heteroatoms. The van der Waals surface area contributed by atoms with Crippen molar-refractivity contribution in [2.45, 2.75) is 10.6 Å². The van der Waals surface area contributed by atoms with Gasteiger partial charge in [-0.2, -0.15) is 4.98 Å². The number of sulfone groups is 1. The van der Waals surface area contributed by atoms with Crippen molar-refractivity contribution in [1.29, 1.82) is 0 Å². The molecule has 28 heavy (non-hydrogen) atoms. The molecular weight excluding hydrogens is 382 g/mol. The minimum Gasteiger partial charge on any atom is -0.497 e. The van der Waals surface area contributed by atoms with Crippen LogP contribution in [0.4, 0.5) is 0 Å². The van der Waals surface area contributed by atoms with Crippen LogP contribution in [0.3, 0.4) is 0 Å². The molecule has 0 aliphatic rings. The Bertz CT molecular complexity index is 1180. The number of aromatic nitrogens is 3. The third kappa shape index (κ3) is 3.65. The van der Waals surface area contributed by atoms with E-state index >= 15 is 0 Å². The second-order valence-corrected chi connectivity index (χ2v) is 7.85. The summed E-state index contributed by atoms with van der Waals surface area (Å²) >= 11 is 0. The molecule has 0 spiro atoms. The third-order valence-corrected chi connectivity index (χ3v) is 5.64. The highest BCUT2D eigenvalue weighted by Crippen LogP contribution is 2.26. The first-order valence-electron chi connectivity index (χ1n) is 8.25. The van der Waals surface area contributed by atoms with Crippen LogP contribution < -0.4 is 4.74 Å². The van der Waals surface area contributed by atoms with Crippen molar-refractivity contribution < 1.29 is 22.1 Å². The highest BCUT2D eigenvalue weighted by Gasteiger charge is 2.20. The first-order chi connectivity index (χ1) is 13.5. The van der Waals surface area contributed by atoms with Gasteiger partial charge in [0.05, 0.1) is 12.0 Å². The number of rotatable bonds is 6. The number of hydrogen-bond acceptors (Lipinski definition) is 8. The summed E-state index contributed by atoms with van der Waals surface area (Å²) in [6, 6.07) is 12.9. The van der Waals surface area contributed by atoms with Gasteiger partial charge in [-0.25, -0.2) is 8.42 Å². The molecule has 142 valence electrons. The molecule has 0 atom stereocenters. The van der Waals surface area contributed by atoms with E-state index in [9.17, 15) is 8.42 Å². The van der Waals surface area contributed by atoms with Crippen LogP contribution in [0.1, 0.15) is 5.76 Å². The Labute approximate surface area is 160 Å². The van der Waals surface area contributed by atoms with Crippen molar-refractivity contribution in [3.8, 4) is 28.8 Å². The van der Waals surface area contributed by atoms with Crippen LogP contribution in [-0.4, -0.2) is 30.7 Å². The fraction of sp³-hybridized carbons (Fsp3) is 0.105. The largest absolute Gasteiger partial charge is 0.497 e. The molecule has 4 rings (SSSR count). The Morgan fingerprint density at radius 3 is 2.46 bits per heavy atom. The van der Waals surface area contributed by atoms with Crippen LogP contribution in [0.2, 0.25) is 0 Å². The maximum atomic E-state index is 12.6. The van der Waals surface area contributed by atoms with Gasteiger partial charge in [0.1, 0.15) is 17.3 Å². The molecule has 1 aromatic carbocycles. The summed E-state index contributed by atoms with van der Waals surface area (Å²) in [6.45, 7) is 0. The Kier molecular flexibility index (Phi) is 4.66. The van der Waals surface area contributed by atoms with E-state index in [1.807, 2.05) is 0 Å². The highest BCUT2D eigenvalue weighted by molar-refractivity contribution is 7.90. The maximum absolute atomic E-state index is 12.6. The molecule has 0 unspecified atom stereocenters. The van der Waals surface area contributed by atoms with E-state index in [0.29, 0.717) is 17.3 Å². The molecule has 0 fully saturated rings. The molecule has 8 nitrogen and oxygen atoms in total. The van der Waals surface area contributed by atoms with Crippen LogP contribution >= 0.6 is 0 Å².